The zero-order valence-corrected chi connectivity index (χ0v) is 11.0. The lowest BCUT2D eigenvalue weighted by atomic mass is 10.4. The Hall–Kier alpha value is -1.47. The summed E-state index contributed by atoms with van der Waals surface area (Å²) in [6, 6.07) is 3.31. The molecule has 0 radical (unpaired) electrons. The lowest BCUT2D eigenvalue weighted by molar-refractivity contribution is 0.0690. The van der Waals surface area contributed by atoms with Gasteiger partial charge >= 0.3 is 5.97 Å². The molecule has 88 valence electrons. The van der Waals surface area contributed by atoms with Crippen LogP contribution in [0.15, 0.2) is 28.2 Å². The molecule has 0 bridgehead atoms. The largest absolute Gasteiger partial charge is 0.477 e. The van der Waals surface area contributed by atoms with E-state index in [4.69, 9.17) is 5.11 Å². The van der Waals surface area contributed by atoms with E-state index < -0.39 is 5.97 Å². The van der Waals surface area contributed by atoms with Crippen molar-refractivity contribution in [1.82, 2.24) is 9.97 Å². The molecule has 2 aromatic rings. The molecule has 5 nitrogen and oxygen atoms in total. The molecule has 0 saturated heterocycles. The predicted molar refractivity (Wildman–Crippen MR) is 68.3 cm³/mol. The molecule has 0 aliphatic carbocycles. The average Bonchev–Trinajstić information content (AvgIpc) is 2.72. The van der Waals surface area contributed by atoms with Crippen molar-refractivity contribution in [3.8, 4) is 0 Å². The molecule has 0 aliphatic heterocycles. The fourth-order valence-corrected chi connectivity index (χ4v) is 2.61. The fourth-order valence-electron chi connectivity index (χ4n) is 1.17. The van der Waals surface area contributed by atoms with Gasteiger partial charge in [-0.3, -0.25) is 0 Å². The topological polar surface area (TPSA) is 75.1 Å². The van der Waals surface area contributed by atoms with E-state index in [9.17, 15) is 4.79 Å². The second-order valence-electron chi connectivity index (χ2n) is 3.12. The molecular formula is C10H8BrN3O2S. The van der Waals surface area contributed by atoms with E-state index in [2.05, 4.69) is 31.2 Å². The number of anilines is 1. The number of aromatic nitrogens is 2. The normalized spacial score (nSPS) is 10.2. The summed E-state index contributed by atoms with van der Waals surface area (Å²) in [4.78, 5) is 19.6. The summed E-state index contributed by atoms with van der Waals surface area (Å²) < 4.78 is 1.02. The Morgan fingerprint density at radius 1 is 1.53 bits per heavy atom. The van der Waals surface area contributed by atoms with Gasteiger partial charge in [0.1, 0.15) is 0 Å². The van der Waals surface area contributed by atoms with Gasteiger partial charge in [0.2, 0.25) is 5.95 Å². The summed E-state index contributed by atoms with van der Waals surface area (Å²) in [6.07, 6.45) is 1.42. The first-order valence-electron chi connectivity index (χ1n) is 4.69. The van der Waals surface area contributed by atoms with Gasteiger partial charge < -0.3 is 10.4 Å². The van der Waals surface area contributed by atoms with Crippen molar-refractivity contribution in [2.75, 3.05) is 5.32 Å². The Morgan fingerprint density at radius 2 is 2.35 bits per heavy atom. The lowest BCUT2D eigenvalue weighted by Gasteiger charge is -2.03. The second kappa shape index (κ2) is 5.24. The number of nitrogens with one attached hydrogen (secondary N) is 1. The summed E-state index contributed by atoms with van der Waals surface area (Å²) in [5.41, 5.74) is -0.0206. The van der Waals surface area contributed by atoms with Gasteiger partial charge in [0, 0.05) is 15.5 Å². The van der Waals surface area contributed by atoms with Gasteiger partial charge in [-0.05, 0) is 33.4 Å². The first-order valence-corrected chi connectivity index (χ1v) is 6.36. The Labute approximate surface area is 110 Å². The zero-order chi connectivity index (χ0) is 12.3. The second-order valence-corrected chi connectivity index (χ2v) is 4.97. The molecule has 0 atom stereocenters. The van der Waals surface area contributed by atoms with Crippen LogP contribution in [0.25, 0.3) is 0 Å². The third-order valence-corrected chi connectivity index (χ3v) is 3.90. The van der Waals surface area contributed by atoms with E-state index >= 15 is 0 Å². The fraction of sp³-hybridized carbons (Fsp3) is 0.100. The molecule has 2 rings (SSSR count). The highest BCUT2D eigenvalue weighted by molar-refractivity contribution is 9.10. The van der Waals surface area contributed by atoms with Crippen molar-refractivity contribution in [2.24, 2.45) is 0 Å². The summed E-state index contributed by atoms with van der Waals surface area (Å²) in [6.45, 7) is 0.557. The molecule has 0 spiro atoms. The van der Waals surface area contributed by atoms with E-state index in [0.29, 0.717) is 12.5 Å². The number of carbonyl (C=O) groups is 1. The van der Waals surface area contributed by atoms with Crippen LogP contribution >= 0.6 is 27.3 Å². The van der Waals surface area contributed by atoms with Gasteiger partial charge in [0.05, 0.1) is 6.54 Å². The highest BCUT2D eigenvalue weighted by Crippen LogP contribution is 2.23. The van der Waals surface area contributed by atoms with Gasteiger partial charge in [0.15, 0.2) is 5.69 Å². The molecule has 17 heavy (non-hydrogen) atoms. The van der Waals surface area contributed by atoms with Crippen LogP contribution in [0.4, 0.5) is 5.95 Å². The Balaban J connectivity index is 2.07. The van der Waals surface area contributed by atoms with Crippen molar-refractivity contribution >= 4 is 39.2 Å². The molecule has 0 aliphatic rings. The van der Waals surface area contributed by atoms with Gasteiger partial charge in [-0.25, -0.2) is 14.8 Å². The van der Waals surface area contributed by atoms with Crippen molar-refractivity contribution in [3.05, 3.63) is 38.8 Å². The third-order valence-electron chi connectivity index (χ3n) is 1.97. The van der Waals surface area contributed by atoms with Crippen molar-refractivity contribution in [1.29, 1.82) is 0 Å². The van der Waals surface area contributed by atoms with Crippen molar-refractivity contribution in [2.45, 2.75) is 6.54 Å². The van der Waals surface area contributed by atoms with Crippen LogP contribution < -0.4 is 5.32 Å². The smallest absolute Gasteiger partial charge is 0.354 e. The number of halogens is 1. The quantitative estimate of drug-likeness (QED) is 0.907. The molecule has 7 heteroatoms. The van der Waals surface area contributed by atoms with Gasteiger partial charge in [-0.2, -0.15) is 0 Å². The molecule has 2 heterocycles. The summed E-state index contributed by atoms with van der Waals surface area (Å²) >= 11 is 5.01. The van der Waals surface area contributed by atoms with Gasteiger partial charge in [-0.15, -0.1) is 11.3 Å². The number of thiophene rings is 1. The Kier molecular flexibility index (Phi) is 3.70. The maximum atomic E-state index is 10.7. The monoisotopic (exact) mass is 313 g/mol. The molecule has 2 aromatic heterocycles. The molecule has 0 amide bonds. The lowest BCUT2D eigenvalue weighted by Crippen LogP contribution is -2.07. The number of carboxylic acid groups (broad SMARTS) is 1. The summed E-state index contributed by atoms with van der Waals surface area (Å²) in [5, 5.41) is 13.7. The molecule has 0 unspecified atom stereocenters. The molecule has 0 aromatic carbocycles. The van der Waals surface area contributed by atoms with E-state index in [1.54, 1.807) is 11.3 Å². The molecule has 0 saturated carbocycles. The highest BCUT2D eigenvalue weighted by atomic mass is 79.9. The highest BCUT2D eigenvalue weighted by Gasteiger charge is 2.06. The average molecular weight is 314 g/mol. The van der Waals surface area contributed by atoms with Crippen LogP contribution in [-0.4, -0.2) is 21.0 Å². The minimum Gasteiger partial charge on any atom is -0.477 e. The number of carboxylic acids is 1. The molecular weight excluding hydrogens is 306 g/mol. The third kappa shape index (κ3) is 3.01. The van der Waals surface area contributed by atoms with E-state index in [0.717, 1.165) is 9.35 Å². The first kappa shape index (κ1) is 12.0. The number of aromatic carboxylic acids is 1. The first-order chi connectivity index (χ1) is 8.16. The minimum atomic E-state index is -1.06. The maximum Gasteiger partial charge on any atom is 0.354 e. The number of hydrogen-bond donors (Lipinski definition) is 2. The summed E-state index contributed by atoms with van der Waals surface area (Å²) in [5.74, 6) is -0.752. The Bertz CT molecular complexity index is 544. The van der Waals surface area contributed by atoms with Gasteiger partial charge in [-0.1, -0.05) is 0 Å². The minimum absolute atomic E-state index is 0.0206. The van der Waals surface area contributed by atoms with Crippen LogP contribution in [0.5, 0.6) is 0 Å². The summed E-state index contributed by atoms with van der Waals surface area (Å²) in [7, 11) is 0. The van der Waals surface area contributed by atoms with E-state index in [1.807, 2.05) is 11.4 Å². The van der Waals surface area contributed by atoms with Gasteiger partial charge in [0.25, 0.3) is 0 Å². The maximum absolute atomic E-state index is 10.7. The standard InChI is InChI=1S/C10H8BrN3O2S/c11-6-2-4-17-8(6)5-13-10-12-3-1-7(14-10)9(15)16/h1-4H,5H2,(H,15,16)(H,12,13,14). The number of hydrogen-bond acceptors (Lipinski definition) is 5. The number of nitrogens with zero attached hydrogens (tertiary/aromatic N) is 2. The SMILES string of the molecule is O=C(O)c1ccnc(NCc2sccc2Br)n1. The van der Waals surface area contributed by atoms with Crippen LogP contribution in [0.3, 0.4) is 0 Å². The Morgan fingerprint density at radius 3 is 3.00 bits per heavy atom. The van der Waals surface area contributed by atoms with Crippen LogP contribution in [0.1, 0.15) is 15.4 Å². The van der Waals surface area contributed by atoms with Crippen LogP contribution in [0.2, 0.25) is 0 Å². The van der Waals surface area contributed by atoms with Crippen LogP contribution in [-0.2, 0) is 6.54 Å². The van der Waals surface area contributed by atoms with E-state index in [-0.39, 0.29) is 5.69 Å². The molecule has 0 fully saturated rings. The predicted octanol–water partition coefficient (Wildman–Crippen LogP) is 2.61. The van der Waals surface area contributed by atoms with Crippen molar-refractivity contribution < 1.29 is 9.90 Å². The molecule has 2 N–H and O–H groups in total. The zero-order valence-electron chi connectivity index (χ0n) is 8.55. The van der Waals surface area contributed by atoms with E-state index in [1.165, 1.54) is 12.3 Å². The van der Waals surface area contributed by atoms with Crippen molar-refractivity contribution in [3.63, 3.8) is 0 Å². The van der Waals surface area contributed by atoms with Crippen LogP contribution in [0, 0.1) is 0 Å². The number of rotatable bonds is 4.